The van der Waals surface area contributed by atoms with E-state index < -0.39 is 5.97 Å². The zero-order chi connectivity index (χ0) is 13.8. The van der Waals surface area contributed by atoms with Crippen molar-refractivity contribution in [1.29, 1.82) is 0 Å². The van der Waals surface area contributed by atoms with Crippen molar-refractivity contribution < 1.29 is 9.90 Å². The molecule has 104 valence electrons. The van der Waals surface area contributed by atoms with Crippen LogP contribution >= 0.6 is 0 Å². The topological polar surface area (TPSA) is 91.5 Å². The molecule has 2 rings (SSSR count). The lowest BCUT2D eigenvalue weighted by Crippen LogP contribution is -2.35. The zero-order valence-electron chi connectivity index (χ0n) is 11.1. The number of nitrogen functional groups attached to an aromatic ring is 1. The number of aromatic nitrogens is 1. The molecule has 6 heteroatoms. The quantitative estimate of drug-likeness (QED) is 0.754. The standard InChI is InChI=1S/C13H20N4O2/c1-17-6-2-3-9(8-17)7-15-12-10(14)4-5-11(16-12)13(18)19/h4-5,9H,2-3,6-8,14H2,1H3,(H,15,16)(H,18,19). The van der Waals surface area contributed by atoms with Crippen molar-refractivity contribution in [2.75, 3.05) is 37.7 Å². The molecule has 1 aliphatic heterocycles. The molecule has 1 aromatic heterocycles. The van der Waals surface area contributed by atoms with E-state index in [0.29, 0.717) is 17.4 Å². The van der Waals surface area contributed by atoms with Crippen LogP contribution in [0.4, 0.5) is 11.5 Å². The van der Waals surface area contributed by atoms with Gasteiger partial charge < -0.3 is 21.1 Å². The molecule has 1 aromatic rings. The van der Waals surface area contributed by atoms with E-state index in [2.05, 4.69) is 22.2 Å². The summed E-state index contributed by atoms with van der Waals surface area (Å²) in [7, 11) is 2.11. The number of anilines is 2. The van der Waals surface area contributed by atoms with Crippen LogP contribution in [0.25, 0.3) is 0 Å². The predicted molar refractivity (Wildman–Crippen MR) is 74.3 cm³/mol. The number of hydrogen-bond acceptors (Lipinski definition) is 5. The zero-order valence-corrected chi connectivity index (χ0v) is 11.1. The van der Waals surface area contributed by atoms with E-state index in [1.165, 1.54) is 18.9 Å². The van der Waals surface area contributed by atoms with E-state index in [9.17, 15) is 4.79 Å². The Labute approximate surface area is 112 Å². The molecule has 1 atom stereocenters. The van der Waals surface area contributed by atoms with Crippen molar-refractivity contribution in [3.8, 4) is 0 Å². The molecule has 6 nitrogen and oxygen atoms in total. The third-order valence-corrected chi connectivity index (χ3v) is 3.43. The van der Waals surface area contributed by atoms with Crippen molar-refractivity contribution in [2.24, 2.45) is 5.92 Å². The van der Waals surface area contributed by atoms with Gasteiger partial charge in [0, 0.05) is 13.1 Å². The number of carbonyl (C=O) groups is 1. The van der Waals surface area contributed by atoms with E-state index in [4.69, 9.17) is 10.8 Å². The molecule has 0 spiro atoms. The molecule has 0 amide bonds. The minimum Gasteiger partial charge on any atom is -0.477 e. The van der Waals surface area contributed by atoms with Gasteiger partial charge in [0.1, 0.15) is 5.82 Å². The first-order valence-corrected chi connectivity index (χ1v) is 6.48. The Morgan fingerprint density at radius 2 is 2.42 bits per heavy atom. The summed E-state index contributed by atoms with van der Waals surface area (Å²) < 4.78 is 0. The summed E-state index contributed by atoms with van der Waals surface area (Å²) in [6.45, 7) is 2.96. The smallest absolute Gasteiger partial charge is 0.354 e. The summed E-state index contributed by atoms with van der Waals surface area (Å²) >= 11 is 0. The number of aromatic carboxylic acids is 1. The minimum atomic E-state index is -1.04. The van der Waals surface area contributed by atoms with Crippen LogP contribution in [0.5, 0.6) is 0 Å². The third kappa shape index (κ3) is 3.57. The Morgan fingerprint density at radius 1 is 1.63 bits per heavy atom. The average molecular weight is 264 g/mol. The number of carboxylic acids is 1. The van der Waals surface area contributed by atoms with E-state index in [1.54, 1.807) is 6.07 Å². The molecule has 1 fully saturated rings. The van der Waals surface area contributed by atoms with Crippen LogP contribution in [0.2, 0.25) is 0 Å². The van der Waals surface area contributed by atoms with Crippen LogP contribution in [-0.2, 0) is 0 Å². The van der Waals surface area contributed by atoms with Crippen LogP contribution in [0.3, 0.4) is 0 Å². The summed E-state index contributed by atoms with van der Waals surface area (Å²) in [6, 6.07) is 2.99. The number of rotatable bonds is 4. The molecule has 0 aromatic carbocycles. The SMILES string of the molecule is CN1CCCC(CNc2nc(C(=O)O)ccc2N)C1. The Kier molecular flexibility index (Phi) is 4.21. The summed E-state index contributed by atoms with van der Waals surface area (Å²) in [4.78, 5) is 17.2. The van der Waals surface area contributed by atoms with Crippen LogP contribution in [-0.4, -0.2) is 47.6 Å². The molecule has 1 unspecified atom stereocenters. The molecule has 1 saturated heterocycles. The normalized spacial score (nSPS) is 20.2. The highest BCUT2D eigenvalue weighted by molar-refractivity contribution is 5.86. The summed E-state index contributed by atoms with van der Waals surface area (Å²) in [5, 5.41) is 12.1. The first-order chi connectivity index (χ1) is 9.06. The maximum absolute atomic E-state index is 10.9. The highest BCUT2D eigenvalue weighted by atomic mass is 16.4. The van der Waals surface area contributed by atoms with E-state index in [0.717, 1.165) is 19.6 Å². The molecule has 19 heavy (non-hydrogen) atoms. The number of likely N-dealkylation sites (tertiary alicyclic amines) is 1. The Balaban J connectivity index is 1.98. The van der Waals surface area contributed by atoms with Crippen molar-refractivity contribution in [3.05, 3.63) is 17.8 Å². The van der Waals surface area contributed by atoms with E-state index in [-0.39, 0.29) is 5.69 Å². The van der Waals surface area contributed by atoms with E-state index in [1.807, 2.05) is 0 Å². The highest BCUT2D eigenvalue weighted by Crippen LogP contribution is 2.19. The highest BCUT2D eigenvalue weighted by Gasteiger charge is 2.17. The number of carboxylic acid groups (broad SMARTS) is 1. The van der Waals surface area contributed by atoms with E-state index >= 15 is 0 Å². The summed E-state index contributed by atoms with van der Waals surface area (Å²) in [6.07, 6.45) is 2.37. The fraction of sp³-hybridized carbons (Fsp3) is 0.538. The molecule has 1 aliphatic rings. The Bertz CT molecular complexity index is 464. The van der Waals surface area contributed by atoms with Gasteiger partial charge in [-0.25, -0.2) is 9.78 Å². The summed E-state index contributed by atoms with van der Waals surface area (Å²) in [5.41, 5.74) is 6.30. The lowest BCUT2D eigenvalue weighted by Gasteiger charge is -2.29. The van der Waals surface area contributed by atoms with Crippen LogP contribution < -0.4 is 11.1 Å². The van der Waals surface area contributed by atoms with Gasteiger partial charge in [0.2, 0.25) is 0 Å². The van der Waals surface area contributed by atoms with Gasteiger partial charge in [-0.1, -0.05) is 0 Å². The molecular weight excluding hydrogens is 244 g/mol. The number of nitrogens with zero attached hydrogens (tertiary/aromatic N) is 2. The number of hydrogen-bond donors (Lipinski definition) is 3. The third-order valence-electron chi connectivity index (χ3n) is 3.43. The molecule has 0 aliphatic carbocycles. The largest absolute Gasteiger partial charge is 0.477 e. The van der Waals surface area contributed by atoms with Crippen molar-refractivity contribution in [3.63, 3.8) is 0 Å². The van der Waals surface area contributed by atoms with Gasteiger partial charge >= 0.3 is 5.97 Å². The first-order valence-electron chi connectivity index (χ1n) is 6.48. The van der Waals surface area contributed by atoms with Crippen LogP contribution in [0.1, 0.15) is 23.3 Å². The van der Waals surface area contributed by atoms with Crippen LogP contribution in [0, 0.1) is 5.92 Å². The molecule has 4 N–H and O–H groups in total. The van der Waals surface area contributed by atoms with Crippen molar-refractivity contribution in [2.45, 2.75) is 12.8 Å². The van der Waals surface area contributed by atoms with Gasteiger partial charge in [0.05, 0.1) is 5.69 Å². The lowest BCUT2D eigenvalue weighted by atomic mass is 9.98. The average Bonchev–Trinajstić information content (AvgIpc) is 2.37. The maximum atomic E-state index is 10.9. The van der Waals surface area contributed by atoms with Gasteiger partial charge in [-0.05, 0) is 44.5 Å². The molecular formula is C13H20N4O2. The molecule has 2 heterocycles. The van der Waals surface area contributed by atoms with Gasteiger partial charge in [-0.15, -0.1) is 0 Å². The fourth-order valence-corrected chi connectivity index (χ4v) is 2.41. The van der Waals surface area contributed by atoms with Gasteiger partial charge in [-0.2, -0.15) is 0 Å². The second kappa shape index (κ2) is 5.88. The van der Waals surface area contributed by atoms with Gasteiger partial charge in [0.15, 0.2) is 5.69 Å². The first kappa shape index (κ1) is 13.6. The number of pyridine rings is 1. The molecule has 0 radical (unpaired) electrons. The van der Waals surface area contributed by atoms with Gasteiger partial charge in [0.25, 0.3) is 0 Å². The van der Waals surface area contributed by atoms with Gasteiger partial charge in [-0.3, -0.25) is 0 Å². The summed E-state index contributed by atoms with van der Waals surface area (Å²) in [5.74, 6) is -0.0259. The predicted octanol–water partition coefficient (Wildman–Crippen LogP) is 1.12. The fourth-order valence-electron chi connectivity index (χ4n) is 2.41. The Hall–Kier alpha value is -1.82. The van der Waals surface area contributed by atoms with Crippen molar-refractivity contribution in [1.82, 2.24) is 9.88 Å². The number of piperidine rings is 1. The molecule has 0 saturated carbocycles. The number of nitrogens with two attached hydrogens (primary N) is 1. The van der Waals surface area contributed by atoms with Crippen molar-refractivity contribution >= 4 is 17.5 Å². The Morgan fingerprint density at radius 3 is 3.11 bits per heavy atom. The second-order valence-corrected chi connectivity index (χ2v) is 5.09. The van der Waals surface area contributed by atoms with Crippen LogP contribution in [0.15, 0.2) is 12.1 Å². The minimum absolute atomic E-state index is 0.0115. The second-order valence-electron chi connectivity index (χ2n) is 5.09. The lowest BCUT2D eigenvalue weighted by molar-refractivity contribution is 0.0690. The monoisotopic (exact) mass is 264 g/mol. The molecule has 0 bridgehead atoms. The maximum Gasteiger partial charge on any atom is 0.354 e. The number of nitrogens with one attached hydrogen (secondary N) is 1.